The summed E-state index contributed by atoms with van der Waals surface area (Å²) in [7, 11) is 3.08. The minimum Gasteiger partial charge on any atom is -0.494 e. The number of hydrogen-bond donors (Lipinski definition) is 2. The lowest BCUT2D eigenvalue weighted by atomic mass is 10.1. The number of ether oxygens (including phenoxy) is 2. The highest BCUT2D eigenvalue weighted by Gasteiger charge is 2.17. The van der Waals surface area contributed by atoms with E-state index in [1.165, 1.54) is 14.0 Å². The van der Waals surface area contributed by atoms with Gasteiger partial charge in [0.1, 0.15) is 5.82 Å². The number of carbonyl (C=O) groups excluding carboxylic acids is 1. The summed E-state index contributed by atoms with van der Waals surface area (Å²) < 4.78 is 12.2. The molecule has 4 aromatic heterocycles. The number of anilines is 1. The molecule has 0 aliphatic rings. The summed E-state index contributed by atoms with van der Waals surface area (Å²) in [6, 6.07) is 5.54. The first kappa shape index (κ1) is 21.1. The number of hydrogen-bond acceptors (Lipinski definition) is 7. The molecule has 2 N–H and O–H groups in total. The summed E-state index contributed by atoms with van der Waals surface area (Å²) in [5.74, 6) is 1.25. The van der Waals surface area contributed by atoms with Gasteiger partial charge in [0, 0.05) is 24.9 Å². The van der Waals surface area contributed by atoms with Gasteiger partial charge in [0.2, 0.25) is 11.8 Å². The minimum atomic E-state index is -0.195. The molecule has 0 saturated heterocycles. The normalized spacial score (nSPS) is 10.9. The third kappa shape index (κ3) is 3.68. The smallest absolute Gasteiger partial charge is 0.256 e. The first-order valence-electron chi connectivity index (χ1n) is 9.87. The molecule has 0 unspecified atom stereocenters. The maximum Gasteiger partial charge on any atom is 0.256 e. The van der Waals surface area contributed by atoms with Crippen LogP contribution in [0.25, 0.3) is 27.8 Å². The van der Waals surface area contributed by atoms with Gasteiger partial charge in [-0.05, 0) is 43.2 Å². The van der Waals surface area contributed by atoms with Gasteiger partial charge >= 0.3 is 0 Å². The van der Waals surface area contributed by atoms with Crippen LogP contribution in [0.4, 0.5) is 5.82 Å². The second-order valence-corrected chi connectivity index (χ2v) is 7.38. The van der Waals surface area contributed by atoms with Crippen molar-refractivity contribution in [3.05, 3.63) is 47.9 Å². The van der Waals surface area contributed by atoms with Crippen LogP contribution in [0.5, 0.6) is 17.5 Å². The van der Waals surface area contributed by atoms with Crippen LogP contribution < -0.4 is 14.8 Å². The fourth-order valence-electron chi connectivity index (χ4n) is 3.59. The molecule has 0 bridgehead atoms. The minimum absolute atomic E-state index is 0.0652. The van der Waals surface area contributed by atoms with E-state index >= 15 is 0 Å². The van der Waals surface area contributed by atoms with E-state index in [0.717, 1.165) is 16.7 Å². The van der Waals surface area contributed by atoms with Crippen molar-refractivity contribution in [2.45, 2.75) is 20.8 Å². The molecule has 164 valence electrons. The van der Waals surface area contributed by atoms with Crippen LogP contribution in [0.1, 0.15) is 18.1 Å². The molecule has 1 amide bonds. The van der Waals surface area contributed by atoms with Gasteiger partial charge in [0.15, 0.2) is 5.75 Å². The zero-order valence-electron chi connectivity index (χ0n) is 18.4. The van der Waals surface area contributed by atoms with Gasteiger partial charge in [-0.25, -0.2) is 15.0 Å². The Kier molecular flexibility index (Phi) is 5.40. The van der Waals surface area contributed by atoms with E-state index < -0.39 is 0 Å². The third-order valence-corrected chi connectivity index (χ3v) is 5.11. The van der Waals surface area contributed by atoms with E-state index in [0.29, 0.717) is 39.7 Å². The molecule has 0 spiro atoms. The molecule has 4 heterocycles. The third-order valence-electron chi connectivity index (χ3n) is 5.11. The number of nitrogens with zero attached hydrogens (tertiary/aromatic N) is 4. The van der Waals surface area contributed by atoms with E-state index in [9.17, 15) is 9.90 Å². The van der Waals surface area contributed by atoms with Crippen LogP contribution in [0.15, 0.2) is 36.8 Å². The molecule has 0 radical (unpaired) electrons. The second kappa shape index (κ2) is 8.18. The molecule has 0 saturated carbocycles. The first-order chi connectivity index (χ1) is 15.3. The molecule has 0 atom stereocenters. The molecule has 4 aromatic rings. The summed E-state index contributed by atoms with van der Waals surface area (Å²) in [5, 5.41) is 14.2. The lowest BCUT2D eigenvalue weighted by Gasteiger charge is -2.09. The van der Waals surface area contributed by atoms with Crippen molar-refractivity contribution < 1.29 is 19.4 Å². The van der Waals surface area contributed by atoms with Crippen molar-refractivity contribution in [1.29, 1.82) is 0 Å². The van der Waals surface area contributed by atoms with Crippen LogP contribution in [0, 0.1) is 13.8 Å². The van der Waals surface area contributed by atoms with E-state index in [4.69, 9.17) is 14.5 Å². The molecule has 9 nitrogen and oxygen atoms in total. The predicted octanol–water partition coefficient (Wildman–Crippen LogP) is 3.78. The Balaban J connectivity index is 1.80. The number of aromatic hydroxyl groups is 1. The van der Waals surface area contributed by atoms with Crippen LogP contribution in [-0.2, 0) is 4.79 Å². The molecular formula is C23H23N5O4. The Morgan fingerprint density at radius 3 is 2.50 bits per heavy atom. The van der Waals surface area contributed by atoms with Gasteiger partial charge in [-0.1, -0.05) is 0 Å². The van der Waals surface area contributed by atoms with Crippen molar-refractivity contribution in [3.63, 3.8) is 0 Å². The summed E-state index contributed by atoms with van der Waals surface area (Å²) in [6.07, 6.45) is 5.01. The quantitative estimate of drug-likeness (QED) is 0.493. The molecule has 9 heteroatoms. The molecule has 32 heavy (non-hydrogen) atoms. The van der Waals surface area contributed by atoms with Gasteiger partial charge in [-0.2, -0.15) is 0 Å². The van der Waals surface area contributed by atoms with Gasteiger partial charge in [-0.3, -0.25) is 9.36 Å². The number of amides is 1. The van der Waals surface area contributed by atoms with E-state index in [-0.39, 0.29) is 11.8 Å². The van der Waals surface area contributed by atoms with Crippen molar-refractivity contribution in [3.8, 4) is 34.5 Å². The molecule has 0 fully saturated rings. The predicted molar refractivity (Wildman–Crippen MR) is 121 cm³/mol. The van der Waals surface area contributed by atoms with Crippen LogP contribution in [0.2, 0.25) is 0 Å². The van der Waals surface area contributed by atoms with E-state index in [1.807, 2.05) is 32.0 Å². The highest BCUT2D eigenvalue weighted by molar-refractivity contribution is 5.91. The Morgan fingerprint density at radius 2 is 1.84 bits per heavy atom. The van der Waals surface area contributed by atoms with E-state index in [2.05, 4.69) is 15.3 Å². The summed E-state index contributed by atoms with van der Waals surface area (Å²) in [4.78, 5) is 24.7. The van der Waals surface area contributed by atoms with Crippen molar-refractivity contribution in [1.82, 2.24) is 19.5 Å². The monoisotopic (exact) mass is 433 g/mol. The average molecular weight is 433 g/mol. The fourth-order valence-corrected chi connectivity index (χ4v) is 3.59. The standard InChI is InChI=1S/C23H23N5O4/c1-12-7-17(15-8-19(31-4)22(32-5)25-9-15)27-18-11-28(23(30)20(12)18)16-6-13(2)21(24-10-16)26-14(3)29/h6-11,30H,1-5H3,(H,24,26,29). The van der Waals surface area contributed by atoms with Crippen LogP contribution in [0.3, 0.4) is 0 Å². The van der Waals surface area contributed by atoms with Crippen molar-refractivity contribution in [2.24, 2.45) is 0 Å². The lowest BCUT2D eigenvalue weighted by molar-refractivity contribution is -0.114. The van der Waals surface area contributed by atoms with Gasteiger partial charge < -0.3 is 19.9 Å². The Labute approximate surface area is 184 Å². The fraction of sp³-hybridized carbons (Fsp3) is 0.217. The number of nitrogens with one attached hydrogen (secondary N) is 1. The Morgan fingerprint density at radius 1 is 1.06 bits per heavy atom. The van der Waals surface area contributed by atoms with Crippen LogP contribution >= 0.6 is 0 Å². The summed E-state index contributed by atoms with van der Waals surface area (Å²) in [6.45, 7) is 5.18. The zero-order chi connectivity index (χ0) is 23.0. The largest absolute Gasteiger partial charge is 0.494 e. The average Bonchev–Trinajstić information content (AvgIpc) is 3.11. The topological polar surface area (TPSA) is 111 Å². The number of aromatic nitrogens is 4. The first-order valence-corrected chi connectivity index (χ1v) is 9.87. The zero-order valence-corrected chi connectivity index (χ0v) is 18.4. The molecular weight excluding hydrogens is 410 g/mol. The number of rotatable bonds is 5. The number of aryl methyl sites for hydroxylation is 2. The lowest BCUT2D eigenvalue weighted by Crippen LogP contribution is -2.09. The molecule has 0 aromatic carbocycles. The molecule has 0 aliphatic carbocycles. The number of pyridine rings is 3. The van der Waals surface area contributed by atoms with E-state index in [1.54, 1.807) is 30.3 Å². The molecule has 4 rings (SSSR count). The molecule has 0 aliphatic heterocycles. The Bertz CT molecular complexity index is 1350. The van der Waals surface area contributed by atoms with Crippen molar-refractivity contribution in [2.75, 3.05) is 19.5 Å². The summed E-state index contributed by atoms with van der Waals surface area (Å²) in [5.41, 5.74) is 4.36. The van der Waals surface area contributed by atoms with Gasteiger partial charge in [-0.15, -0.1) is 0 Å². The number of carbonyl (C=O) groups is 1. The summed E-state index contributed by atoms with van der Waals surface area (Å²) >= 11 is 0. The highest BCUT2D eigenvalue weighted by atomic mass is 16.5. The number of fused-ring (bicyclic) bond motifs is 1. The Hall–Kier alpha value is -4.14. The highest BCUT2D eigenvalue weighted by Crippen LogP contribution is 2.35. The SMILES string of the molecule is COc1cc(-c2cc(C)c3c(O)n(-c4cnc(NC(C)=O)c(C)c4)cc3n2)cnc1OC. The maximum atomic E-state index is 11.3. The maximum absolute atomic E-state index is 11.3. The van der Waals surface area contributed by atoms with Crippen molar-refractivity contribution >= 4 is 22.6 Å². The van der Waals surface area contributed by atoms with Crippen LogP contribution in [-0.4, -0.2) is 44.8 Å². The number of methoxy groups -OCH3 is 2. The van der Waals surface area contributed by atoms with Gasteiger partial charge in [0.25, 0.3) is 5.88 Å². The second-order valence-electron chi connectivity index (χ2n) is 7.38. The van der Waals surface area contributed by atoms with Gasteiger partial charge in [0.05, 0.1) is 42.7 Å².